The van der Waals surface area contributed by atoms with Crippen LogP contribution in [0.4, 0.5) is 20.4 Å². The molecule has 9 nitrogen and oxygen atoms in total. The first kappa shape index (κ1) is 25.1. The number of primary amides is 1. The van der Waals surface area contributed by atoms with Crippen molar-refractivity contribution in [2.45, 2.75) is 51.2 Å². The van der Waals surface area contributed by atoms with Crippen LogP contribution in [0, 0.1) is 11.7 Å². The van der Waals surface area contributed by atoms with Crippen LogP contribution >= 0.6 is 0 Å². The SMILES string of the molecule is CC(F)Oc1ccc(CN(c2ncnc(NCC3CCN(CC(N)=O)CC3O)c2F)C2CC2)cc1. The largest absolute Gasteiger partial charge is 0.461 e. The van der Waals surface area contributed by atoms with E-state index in [1.54, 1.807) is 12.1 Å². The Labute approximate surface area is 203 Å². The molecule has 35 heavy (non-hydrogen) atoms. The maximum Gasteiger partial charge on any atom is 0.235 e. The predicted octanol–water partition coefficient (Wildman–Crippen LogP) is 2.06. The summed E-state index contributed by atoms with van der Waals surface area (Å²) in [5.74, 6) is -0.324. The zero-order chi connectivity index (χ0) is 24.9. The summed E-state index contributed by atoms with van der Waals surface area (Å²) in [7, 11) is 0. The highest BCUT2D eigenvalue weighted by Crippen LogP contribution is 2.35. The van der Waals surface area contributed by atoms with E-state index in [4.69, 9.17) is 10.5 Å². The van der Waals surface area contributed by atoms with Gasteiger partial charge in [-0.05, 0) is 43.5 Å². The number of hydrogen-bond acceptors (Lipinski definition) is 8. The summed E-state index contributed by atoms with van der Waals surface area (Å²) < 4.78 is 33.6. The molecule has 0 spiro atoms. The molecule has 3 unspecified atom stereocenters. The number of carbonyl (C=O) groups is 1. The molecule has 1 aliphatic heterocycles. The van der Waals surface area contributed by atoms with E-state index in [-0.39, 0.29) is 30.1 Å². The third kappa shape index (κ3) is 6.76. The lowest BCUT2D eigenvalue weighted by Gasteiger charge is -2.35. The Kier molecular flexibility index (Phi) is 7.97. The average Bonchev–Trinajstić information content (AvgIpc) is 3.64. The number of piperidine rings is 1. The fourth-order valence-corrected chi connectivity index (χ4v) is 4.38. The second kappa shape index (κ2) is 11.1. The Morgan fingerprint density at radius 3 is 2.69 bits per heavy atom. The van der Waals surface area contributed by atoms with Crippen molar-refractivity contribution in [2.75, 3.05) is 36.4 Å². The van der Waals surface area contributed by atoms with Crippen molar-refractivity contribution in [3.8, 4) is 5.75 Å². The van der Waals surface area contributed by atoms with Crippen molar-refractivity contribution in [3.05, 3.63) is 42.0 Å². The van der Waals surface area contributed by atoms with Crippen molar-refractivity contribution >= 4 is 17.5 Å². The van der Waals surface area contributed by atoms with Crippen molar-refractivity contribution in [3.63, 3.8) is 0 Å². The van der Waals surface area contributed by atoms with Crippen LogP contribution in [0.2, 0.25) is 0 Å². The third-order valence-electron chi connectivity index (χ3n) is 6.32. The summed E-state index contributed by atoms with van der Waals surface area (Å²) in [4.78, 5) is 23.2. The number of aromatic nitrogens is 2. The van der Waals surface area contributed by atoms with Crippen LogP contribution in [-0.2, 0) is 11.3 Å². The summed E-state index contributed by atoms with van der Waals surface area (Å²) in [6.45, 7) is 3.20. The molecule has 1 saturated heterocycles. The van der Waals surface area contributed by atoms with E-state index in [9.17, 15) is 14.3 Å². The predicted molar refractivity (Wildman–Crippen MR) is 127 cm³/mol. The second-order valence-corrected chi connectivity index (χ2v) is 9.22. The van der Waals surface area contributed by atoms with Crippen LogP contribution in [0.3, 0.4) is 0 Å². The highest BCUT2D eigenvalue weighted by Gasteiger charge is 2.33. The number of nitrogens with one attached hydrogen (secondary N) is 1. The molecule has 2 fully saturated rings. The highest BCUT2D eigenvalue weighted by atomic mass is 19.1. The van der Waals surface area contributed by atoms with Crippen molar-refractivity contribution in [1.29, 1.82) is 0 Å². The zero-order valence-electron chi connectivity index (χ0n) is 19.7. The van der Waals surface area contributed by atoms with Gasteiger partial charge >= 0.3 is 0 Å². The molecular formula is C24H32F2N6O3. The summed E-state index contributed by atoms with van der Waals surface area (Å²) >= 11 is 0. The topological polar surface area (TPSA) is 117 Å². The standard InChI is InChI=1S/C24H32F2N6O3/c1-15(25)35-19-6-2-16(3-7-19)11-32(18-4-5-18)24-22(26)23(29-14-30-24)28-10-17-8-9-31(12-20(17)33)13-21(27)34/h2-3,6-7,14-15,17-18,20,33H,4-5,8-13H2,1H3,(H2,27,34)(H,28,29,30). The van der Waals surface area contributed by atoms with Crippen LogP contribution < -0.4 is 20.7 Å². The van der Waals surface area contributed by atoms with E-state index in [1.807, 2.05) is 21.9 Å². The van der Waals surface area contributed by atoms with Gasteiger partial charge in [-0.25, -0.2) is 14.4 Å². The number of hydrogen-bond donors (Lipinski definition) is 3. The number of β-amino-alcohol motifs (C(OH)–C–C–N with tert-alkyl or cyclic N) is 1. The monoisotopic (exact) mass is 490 g/mol. The Morgan fingerprint density at radius 2 is 2.06 bits per heavy atom. The molecule has 2 heterocycles. The van der Waals surface area contributed by atoms with Gasteiger partial charge in [0.15, 0.2) is 11.6 Å². The summed E-state index contributed by atoms with van der Waals surface area (Å²) in [5.41, 5.74) is 6.16. The second-order valence-electron chi connectivity index (χ2n) is 9.22. The number of rotatable bonds is 11. The first-order valence-electron chi connectivity index (χ1n) is 11.9. The molecule has 1 aromatic carbocycles. The number of likely N-dealkylation sites (tertiary alicyclic amines) is 1. The number of carbonyl (C=O) groups excluding carboxylic acids is 1. The molecule has 1 aromatic heterocycles. The number of aliphatic hydroxyl groups is 1. The van der Waals surface area contributed by atoms with Crippen LogP contribution in [-0.4, -0.2) is 70.6 Å². The fourth-order valence-electron chi connectivity index (χ4n) is 4.38. The Balaban J connectivity index is 1.40. The van der Waals surface area contributed by atoms with Gasteiger partial charge in [0.05, 0.1) is 12.6 Å². The first-order valence-corrected chi connectivity index (χ1v) is 11.9. The number of anilines is 2. The minimum atomic E-state index is -1.39. The molecule has 4 rings (SSSR count). The Bertz CT molecular complexity index is 1010. The molecule has 0 bridgehead atoms. The molecule has 2 aromatic rings. The number of benzene rings is 1. The first-order chi connectivity index (χ1) is 16.8. The molecule has 0 radical (unpaired) electrons. The van der Waals surface area contributed by atoms with Gasteiger partial charge in [-0.3, -0.25) is 9.69 Å². The number of halogens is 2. The summed E-state index contributed by atoms with van der Waals surface area (Å²) in [6, 6.07) is 7.24. The number of alkyl halides is 1. The van der Waals surface area contributed by atoms with E-state index in [1.165, 1.54) is 13.3 Å². The molecule has 2 aliphatic rings. The van der Waals surface area contributed by atoms with Crippen molar-refractivity contribution < 1.29 is 23.4 Å². The molecule has 1 saturated carbocycles. The number of nitrogens with zero attached hydrogens (tertiary/aromatic N) is 4. The zero-order valence-corrected chi connectivity index (χ0v) is 19.7. The number of aliphatic hydroxyl groups excluding tert-OH is 1. The van der Waals surface area contributed by atoms with Crippen LogP contribution in [0.25, 0.3) is 0 Å². The maximum absolute atomic E-state index is 15.5. The minimum absolute atomic E-state index is 0.0908. The Morgan fingerprint density at radius 1 is 1.31 bits per heavy atom. The van der Waals surface area contributed by atoms with Crippen LogP contribution in [0.1, 0.15) is 31.7 Å². The molecule has 4 N–H and O–H groups in total. The Hall–Kier alpha value is -3.05. The van der Waals surface area contributed by atoms with Crippen LogP contribution in [0.15, 0.2) is 30.6 Å². The highest BCUT2D eigenvalue weighted by molar-refractivity contribution is 5.75. The van der Waals surface area contributed by atoms with Gasteiger partial charge in [-0.15, -0.1) is 0 Å². The molecule has 190 valence electrons. The van der Waals surface area contributed by atoms with Gasteiger partial charge in [0.2, 0.25) is 18.1 Å². The number of ether oxygens (including phenoxy) is 1. The lowest BCUT2D eigenvalue weighted by atomic mass is 9.93. The fraction of sp³-hybridized carbons (Fsp3) is 0.542. The number of amides is 1. The lowest BCUT2D eigenvalue weighted by molar-refractivity contribution is -0.120. The number of nitrogens with two attached hydrogens (primary N) is 1. The maximum atomic E-state index is 15.5. The smallest absolute Gasteiger partial charge is 0.235 e. The van der Waals surface area contributed by atoms with Crippen LogP contribution in [0.5, 0.6) is 5.75 Å². The van der Waals surface area contributed by atoms with E-state index in [2.05, 4.69) is 15.3 Å². The van der Waals surface area contributed by atoms with Gasteiger partial charge < -0.3 is 25.8 Å². The van der Waals surface area contributed by atoms with Gasteiger partial charge in [-0.2, -0.15) is 4.39 Å². The van der Waals surface area contributed by atoms with E-state index in [0.717, 1.165) is 18.4 Å². The average molecular weight is 491 g/mol. The van der Waals surface area contributed by atoms with Crippen molar-refractivity contribution in [1.82, 2.24) is 14.9 Å². The third-order valence-corrected chi connectivity index (χ3v) is 6.32. The molecule has 3 atom stereocenters. The van der Waals surface area contributed by atoms with Gasteiger partial charge in [-0.1, -0.05) is 12.1 Å². The molecular weight excluding hydrogens is 458 g/mol. The van der Waals surface area contributed by atoms with Gasteiger partial charge in [0.1, 0.15) is 12.1 Å². The van der Waals surface area contributed by atoms with E-state index < -0.39 is 24.2 Å². The molecule has 11 heteroatoms. The van der Waals surface area contributed by atoms with E-state index in [0.29, 0.717) is 38.3 Å². The molecule has 1 aliphatic carbocycles. The minimum Gasteiger partial charge on any atom is -0.461 e. The molecule has 1 amide bonds. The van der Waals surface area contributed by atoms with Gasteiger partial charge in [0, 0.05) is 38.5 Å². The normalized spacial score (nSPS) is 21.4. The van der Waals surface area contributed by atoms with Crippen molar-refractivity contribution in [2.24, 2.45) is 11.7 Å². The van der Waals surface area contributed by atoms with E-state index >= 15 is 4.39 Å². The lowest BCUT2D eigenvalue weighted by Crippen LogP contribution is -2.48. The quantitative estimate of drug-likeness (QED) is 0.438. The summed E-state index contributed by atoms with van der Waals surface area (Å²) in [6.07, 6.45) is 1.83. The van der Waals surface area contributed by atoms with Gasteiger partial charge in [0.25, 0.3) is 0 Å². The summed E-state index contributed by atoms with van der Waals surface area (Å²) in [5, 5.41) is 13.5.